The summed E-state index contributed by atoms with van der Waals surface area (Å²) < 4.78 is 43.4. The molecule has 0 radical (unpaired) electrons. The number of ether oxygens (including phenoxy) is 1. The molecule has 0 amide bonds. The fourth-order valence-electron chi connectivity index (χ4n) is 1.81. The lowest BCUT2D eigenvalue weighted by atomic mass is 10.2. The summed E-state index contributed by atoms with van der Waals surface area (Å²) in [6, 6.07) is 8.15. The van der Waals surface area contributed by atoms with Gasteiger partial charge in [-0.1, -0.05) is 17.7 Å². The van der Waals surface area contributed by atoms with Gasteiger partial charge in [0.2, 0.25) is 0 Å². The Bertz CT molecular complexity index is 778. The summed E-state index contributed by atoms with van der Waals surface area (Å²) >= 11 is 5.89. The van der Waals surface area contributed by atoms with Crippen molar-refractivity contribution in [2.24, 2.45) is 0 Å². The maximum Gasteiger partial charge on any atom is 0.184 e. The molecular formula is C14H13ClFNO3S. The zero-order chi connectivity index (χ0) is 15.6. The Hall–Kier alpha value is -1.79. The summed E-state index contributed by atoms with van der Waals surface area (Å²) in [5.74, 6) is -0.847. The third-order valence-electron chi connectivity index (χ3n) is 2.90. The first-order chi connectivity index (χ1) is 9.83. The van der Waals surface area contributed by atoms with Gasteiger partial charge < -0.3 is 10.5 Å². The Labute approximate surface area is 127 Å². The predicted octanol–water partition coefficient (Wildman–Crippen LogP) is 3.04. The number of hydrogen-bond donors (Lipinski definition) is 1. The first-order valence-corrected chi connectivity index (χ1v) is 7.96. The lowest BCUT2D eigenvalue weighted by Crippen LogP contribution is -2.08. The van der Waals surface area contributed by atoms with Crippen molar-refractivity contribution in [1.82, 2.24) is 0 Å². The molecule has 0 aliphatic carbocycles. The average molecular weight is 330 g/mol. The van der Waals surface area contributed by atoms with Crippen molar-refractivity contribution in [2.75, 3.05) is 12.8 Å². The number of halogens is 2. The average Bonchev–Trinajstić information content (AvgIpc) is 2.43. The van der Waals surface area contributed by atoms with E-state index in [0.717, 1.165) is 6.07 Å². The predicted molar refractivity (Wildman–Crippen MR) is 79.7 cm³/mol. The summed E-state index contributed by atoms with van der Waals surface area (Å²) in [7, 11) is -2.40. The molecule has 0 atom stereocenters. The smallest absolute Gasteiger partial charge is 0.184 e. The molecule has 0 saturated carbocycles. The van der Waals surface area contributed by atoms with Crippen molar-refractivity contribution >= 4 is 27.1 Å². The highest BCUT2D eigenvalue weighted by Crippen LogP contribution is 2.28. The Kier molecular flexibility index (Phi) is 4.39. The molecule has 0 aliphatic rings. The Balaban J connectivity index is 2.40. The van der Waals surface area contributed by atoms with E-state index in [0.29, 0.717) is 5.75 Å². The minimum absolute atomic E-state index is 0.0364. The molecule has 0 aliphatic heterocycles. The van der Waals surface area contributed by atoms with E-state index in [-0.39, 0.29) is 21.2 Å². The molecule has 2 aromatic carbocycles. The minimum Gasteiger partial charge on any atom is -0.497 e. The second kappa shape index (κ2) is 5.91. The molecule has 0 aromatic heterocycles. The van der Waals surface area contributed by atoms with Gasteiger partial charge in [0.25, 0.3) is 0 Å². The van der Waals surface area contributed by atoms with Gasteiger partial charge in [-0.15, -0.1) is 0 Å². The lowest BCUT2D eigenvalue weighted by Gasteiger charge is -2.09. The number of benzene rings is 2. The first kappa shape index (κ1) is 15.6. The van der Waals surface area contributed by atoms with E-state index in [9.17, 15) is 12.8 Å². The van der Waals surface area contributed by atoms with Gasteiger partial charge in [-0.25, -0.2) is 12.8 Å². The van der Waals surface area contributed by atoms with Crippen LogP contribution in [0.25, 0.3) is 0 Å². The largest absolute Gasteiger partial charge is 0.497 e. The molecular weight excluding hydrogens is 317 g/mol. The van der Waals surface area contributed by atoms with Gasteiger partial charge in [0.05, 0.1) is 22.8 Å². The zero-order valence-corrected chi connectivity index (χ0v) is 12.7. The van der Waals surface area contributed by atoms with Crippen LogP contribution in [0.4, 0.5) is 10.1 Å². The van der Waals surface area contributed by atoms with E-state index in [1.165, 1.54) is 37.4 Å². The summed E-state index contributed by atoms with van der Waals surface area (Å²) in [6.45, 7) is 0. The third-order valence-corrected chi connectivity index (χ3v) is 5.04. The number of nitrogens with two attached hydrogens (primary N) is 1. The molecule has 2 rings (SSSR count). The molecule has 0 heterocycles. The molecule has 4 nitrogen and oxygen atoms in total. The maximum atomic E-state index is 13.9. The minimum atomic E-state index is -3.80. The van der Waals surface area contributed by atoms with Gasteiger partial charge in [-0.05, 0) is 24.3 Å². The molecule has 0 spiro atoms. The van der Waals surface area contributed by atoms with Gasteiger partial charge in [-0.3, -0.25) is 0 Å². The summed E-state index contributed by atoms with van der Waals surface area (Å²) in [6.07, 6.45) is 0. The van der Waals surface area contributed by atoms with E-state index >= 15 is 0 Å². The van der Waals surface area contributed by atoms with E-state index in [1.807, 2.05) is 0 Å². The second-order valence-corrected chi connectivity index (χ2v) is 6.77. The quantitative estimate of drug-likeness (QED) is 0.875. The third kappa shape index (κ3) is 3.46. The van der Waals surface area contributed by atoms with E-state index in [4.69, 9.17) is 22.1 Å². The van der Waals surface area contributed by atoms with Gasteiger partial charge in [-0.2, -0.15) is 0 Å². The normalized spacial score (nSPS) is 11.4. The van der Waals surface area contributed by atoms with Crippen molar-refractivity contribution < 1.29 is 17.5 Å². The molecule has 0 bridgehead atoms. The van der Waals surface area contributed by atoms with Crippen molar-refractivity contribution in [3.63, 3.8) is 0 Å². The van der Waals surface area contributed by atoms with Crippen molar-refractivity contribution in [2.45, 2.75) is 10.6 Å². The zero-order valence-electron chi connectivity index (χ0n) is 11.1. The van der Waals surface area contributed by atoms with Crippen LogP contribution in [-0.2, 0) is 15.6 Å². The Morgan fingerprint density at radius 3 is 2.57 bits per heavy atom. The van der Waals surface area contributed by atoms with Gasteiger partial charge in [0, 0.05) is 17.3 Å². The number of hydrogen-bond acceptors (Lipinski definition) is 4. The summed E-state index contributed by atoms with van der Waals surface area (Å²) in [5, 5.41) is 0.0538. The van der Waals surface area contributed by atoms with Crippen molar-refractivity contribution in [3.05, 3.63) is 52.8 Å². The van der Waals surface area contributed by atoms with E-state index in [2.05, 4.69) is 0 Å². The van der Waals surface area contributed by atoms with Crippen LogP contribution in [0.1, 0.15) is 5.56 Å². The van der Waals surface area contributed by atoms with Crippen LogP contribution in [0.2, 0.25) is 5.02 Å². The molecule has 7 heteroatoms. The Morgan fingerprint density at radius 1 is 1.24 bits per heavy atom. The van der Waals surface area contributed by atoms with Crippen molar-refractivity contribution in [1.29, 1.82) is 0 Å². The van der Waals surface area contributed by atoms with Crippen LogP contribution in [-0.4, -0.2) is 15.5 Å². The number of rotatable bonds is 4. The fourth-order valence-corrected chi connectivity index (χ4v) is 3.76. The molecule has 0 unspecified atom stereocenters. The van der Waals surface area contributed by atoms with E-state index in [1.54, 1.807) is 0 Å². The van der Waals surface area contributed by atoms with Crippen LogP contribution in [0.15, 0.2) is 41.3 Å². The highest BCUT2D eigenvalue weighted by atomic mass is 35.5. The fraction of sp³-hybridized carbons (Fsp3) is 0.143. The van der Waals surface area contributed by atoms with Crippen LogP contribution in [0, 0.1) is 5.82 Å². The second-order valence-electron chi connectivity index (χ2n) is 4.41. The lowest BCUT2D eigenvalue weighted by molar-refractivity contribution is 0.411. The van der Waals surface area contributed by atoms with Crippen LogP contribution in [0.3, 0.4) is 0 Å². The maximum absolute atomic E-state index is 13.9. The highest BCUT2D eigenvalue weighted by Gasteiger charge is 2.21. The topological polar surface area (TPSA) is 69.4 Å². The molecule has 21 heavy (non-hydrogen) atoms. The monoisotopic (exact) mass is 329 g/mol. The summed E-state index contributed by atoms with van der Waals surface area (Å²) in [4.78, 5) is -0.112. The van der Waals surface area contributed by atoms with Gasteiger partial charge in [0.15, 0.2) is 9.84 Å². The molecule has 2 aromatic rings. The van der Waals surface area contributed by atoms with E-state index < -0.39 is 21.4 Å². The number of sulfone groups is 1. The van der Waals surface area contributed by atoms with Crippen LogP contribution in [0.5, 0.6) is 5.75 Å². The number of anilines is 1. The van der Waals surface area contributed by atoms with Gasteiger partial charge in [0.1, 0.15) is 11.6 Å². The molecule has 0 fully saturated rings. The van der Waals surface area contributed by atoms with Crippen LogP contribution >= 0.6 is 11.6 Å². The molecule has 2 N–H and O–H groups in total. The van der Waals surface area contributed by atoms with Crippen LogP contribution < -0.4 is 10.5 Å². The SMILES string of the molecule is COc1ccc(CS(=O)(=O)c2cc(N)ccc2Cl)c(F)c1. The number of methoxy groups -OCH3 is 1. The van der Waals surface area contributed by atoms with Crippen molar-refractivity contribution in [3.8, 4) is 5.75 Å². The molecule has 0 saturated heterocycles. The Morgan fingerprint density at radius 2 is 1.95 bits per heavy atom. The highest BCUT2D eigenvalue weighted by molar-refractivity contribution is 7.90. The number of nitrogen functional groups attached to an aromatic ring is 1. The standard InChI is InChI=1S/C14H13ClFNO3S/c1-20-11-4-2-9(13(16)7-11)8-21(18,19)14-6-10(17)3-5-12(14)15/h2-7H,8,17H2,1H3. The summed E-state index contributed by atoms with van der Waals surface area (Å²) in [5.41, 5.74) is 5.88. The molecule has 112 valence electrons. The first-order valence-electron chi connectivity index (χ1n) is 5.93. The van der Waals surface area contributed by atoms with Gasteiger partial charge >= 0.3 is 0 Å².